The number of carbonyl (C=O) groups excluding carboxylic acids is 5. The van der Waals surface area contributed by atoms with Gasteiger partial charge in [0.1, 0.15) is 6.04 Å². The number of imide groups is 1. The number of hydrogen-bond acceptors (Lipinski definition) is 6. The Morgan fingerprint density at radius 3 is 2.23 bits per heavy atom. The molecule has 162 valence electrons. The topological polar surface area (TPSA) is 122 Å². The Morgan fingerprint density at radius 2 is 1.65 bits per heavy atom. The summed E-state index contributed by atoms with van der Waals surface area (Å²) in [5, 5.41) is 0. The monoisotopic (exact) mass is 489 g/mol. The fourth-order valence-electron chi connectivity index (χ4n) is 4.51. The molecule has 3 aliphatic rings. The van der Waals surface area contributed by atoms with Gasteiger partial charge in [-0.1, -0.05) is 28.1 Å². The maximum absolute atomic E-state index is 12.7. The second kappa shape index (κ2) is 8.26. The minimum atomic E-state index is -1.13. The molecule has 0 spiro atoms. The first-order chi connectivity index (χ1) is 14.8. The standard InChI is InChI=1S/C21H20BrN3O6/c1-10(25-19(28)16-12-2-3-13(8-12)17(16)20(25)29)21(30)31-9-15(26)23-24-18(27)11-4-6-14(22)7-5-11/h2-7,10,12-13,16-17H,8-9H2,1H3,(H,23,26)(H,24,27)/t10-,12+,13+,16+,17+/m1/s1. The van der Waals surface area contributed by atoms with Gasteiger partial charge < -0.3 is 4.74 Å². The van der Waals surface area contributed by atoms with Crippen LogP contribution in [0.25, 0.3) is 0 Å². The molecule has 2 N–H and O–H groups in total. The summed E-state index contributed by atoms with van der Waals surface area (Å²) in [5.41, 5.74) is 4.69. The van der Waals surface area contributed by atoms with Crippen LogP contribution in [0.5, 0.6) is 0 Å². The third-order valence-corrected chi connectivity index (χ3v) is 6.53. The molecule has 1 saturated heterocycles. The van der Waals surface area contributed by atoms with Gasteiger partial charge in [-0.25, -0.2) is 4.79 Å². The van der Waals surface area contributed by atoms with Gasteiger partial charge in [-0.15, -0.1) is 0 Å². The number of allylic oxidation sites excluding steroid dienone is 2. The van der Waals surface area contributed by atoms with Crippen LogP contribution in [-0.2, 0) is 23.9 Å². The lowest BCUT2D eigenvalue weighted by Crippen LogP contribution is -2.47. The van der Waals surface area contributed by atoms with E-state index in [9.17, 15) is 24.0 Å². The maximum atomic E-state index is 12.7. The first-order valence-electron chi connectivity index (χ1n) is 9.84. The number of benzene rings is 1. The van der Waals surface area contributed by atoms with Crippen molar-refractivity contribution in [3.63, 3.8) is 0 Å². The van der Waals surface area contributed by atoms with Crippen molar-refractivity contribution in [2.45, 2.75) is 19.4 Å². The van der Waals surface area contributed by atoms with Gasteiger partial charge in [0.2, 0.25) is 11.8 Å². The van der Waals surface area contributed by atoms with Crippen LogP contribution >= 0.6 is 15.9 Å². The number of carbonyl (C=O) groups is 5. The number of likely N-dealkylation sites (tertiary alicyclic amines) is 1. The highest BCUT2D eigenvalue weighted by atomic mass is 79.9. The summed E-state index contributed by atoms with van der Waals surface area (Å²) in [7, 11) is 0. The minimum Gasteiger partial charge on any atom is -0.454 e. The van der Waals surface area contributed by atoms with Crippen LogP contribution in [0.3, 0.4) is 0 Å². The van der Waals surface area contributed by atoms with Crippen molar-refractivity contribution in [3.05, 3.63) is 46.5 Å². The number of hydrazine groups is 1. The van der Waals surface area contributed by atoms with Gasteiger partial charge in [0.25, 0.3) is 11.8 Å². The Labute approximate surface area is 186 Å². The van der Waals surface area contributed by atoms with Crippen LogP contribution in [0.4, 0.5) is 0 Å². The van der Waals surface area contributed by atoms with E-state index in [1.165, 1.54) is 6.92 Å². The SMILES string of the molecule is C[C@H](C(=O)OCC(=O)NNC(=O)c1ccc(Br)cc1)N1C(=O)[C@@H]2[C@@H](C1=O)[C@H]1C=C[C@H]2C1. The molecule has 1 aromatic rings. The zero-order valence-corrected chi connectivity index (χ0v) is 18.1. The highest BCUT2D eigenvalue weighted by Crippen LogP contribution is 2.52. The fourth-order valence-corrected chi connectivity index (χ4v) is 4.77. The van der Waals surface area contributed by atoms with Crippen LogP contribution in [0.1, 0.15) is 23.7 Å². The molecule has 0 radical (unpaired) electrons. The molecule has 1 saturated carbocycles. The number of rotatable bonds is 5. The van der Waals surface area contributed by atoms with E-state index in [1.807, 2.05) is 12.2 Å². The lowest BCUT2D eigenvalue weighted by Gasteiger charge is -2.23. The lowest BCUT2D eigenvalue weighted by atomic mass is 9.85. The van der Waals surface area contributed by atoms with Gasteiger partial charge in [-0.2, -0.15) is 0 Å². The van der Waals surface area contributed by atoms with E-state index in [2.05, 4.69) is 26.8 Å². The van der Waals surface area contributed by atoms with Crippen molar-refractivity contribution < 1.29 is 28.7 Å². The first-order valence-corrected chi connectivity index (χ1v) is 10.6. The van der Waals surface area contributed by atoms with E-state index >= 15 is 0 Å². The molecule has 9 nitrogen and oxygen atoms in total. The van der Waals surface area contributed by atoms with E-state index in [-0.39, 0.29) is 23.7 Å². The summed E-state index contributed by atoms with van der Waals surface area (Å²) >= 11 is 3.26. The van der Waals surface area contributed by atoms with Crippen LogP contribution in [0.2, 0.25) is 0 Å². The molecule has 4 amide bonds. The molecule has 1 aliphatic heterocycles. The Kier molecular flexibility index (Phi) is 5.65. The largest absolute Gasteiger partial charge is 0.454 e. The summed E-state index contributed by atoms with van der Waals surface area (Å²) in [6.07, 6.45) is 4.73. The number of hydrogen-bond donors (Lipinski definition) is 2. The molecule has 1 aromatic carbocycles. The minimum absolute atomic E-state index is 0.0415. The van der Waals surface area contributed by atoms with Gasteiger partial charge in [0.05, 0.1) is 11.8 Å². The number of fused-ring (bicyclic) bond motifs is 5. The number of halogens is 1. The Hall–Kier alpha value is -3.01. The molecular weight excluding hydrogens is 470 g/mol. The van der Waals surface area contributed by atoms with Crippen LogP contribution in [-0.4, -0.2) is 47.1 Å². The zero-order chi connectivity index (χ0) is 22.3. The summed E-state index contributed by atoms with van der Waals surface area (Å²) < 4.78 is 5.75. The second-order valence-corrected chi connectivity index (χ2v) is 8.75. The zero-order valence-electron chi connectivity index (χ0n) is 16.5. The molecule has 4 rings (SSSR count). The van der Waals surface area contributed by atoms with Crippen molar-refractivity contribution in [1.29, 1.82) is 0 Å². The van der Waals surface area contributed by atoms with Crippen molar-refractivity contribution >= 4 is 45.5 Å². The van der Waals surface area contributed by atoms with E-state index in [4.69, 9.17) is 4.74 Å². The quantitative estimate of drug-likeness (QED) is 0.274. The van der Waals surface area contributed by atoms with Crippen LogP contribution < -0.4 is 10.9 Å². The third kappa shape index (κ3) is 3.87. The summed E-state index contributed by atoms with van der Waals surface area (Å²) in [4.78, 5) is 62.7. The molecule has 2 bridgehead atoms. The predicted octanol–water partition coefficient (Wildman–Crippen LogP) is 0.949. The molecule has 2 fully saturated rings. The van der Waals surface area contributed by atoms with Crippen molar-refractivity contribution in [1.82, 2.24) is 15.8 Å². The summed E-state index contributed by atoms with van der Waals surface area (Å²) in [5.74, 6) is -3.61. The van der Waals surface area contributed by atoms with Crippen LogP contribution in [0.15, 0.2) is 40.9 Å². The molecule has 10 heteroatoms. The molecular formula is C21H20BrN3O6. The second-order valence-electron chi connectivity index (χ2n) is 7.84. The molecule has 5 atom stereocenters. The molecule has 0 unspecified atom stereocenters. The highest BCUT2D eigenvalue weighted by molar-refractivity contribution is 9.10. The van der Waals surface area contributed by atoms with E-state index in [1.54, 1.807) is 24.3 Å². The Bertz CT molecular complexity index is 961. The number of esters is 1. The van der Waals surface area contributed by atoms with Crippen LogP contribution in [0, 0.1) is 23.7 Å². The lowest BCUT2D eigenvalue weighted by molar-refractivity contribution is -0.160. The Morgan fingerprint density at radius 1 is 1.06 bits per heavy atom. The van der Waals surface area contributed by atoms with E-state index < -0.39 is 42.3 Å². The fraction of sp³-hybridized carbons (Fsp3) is 0.381. The third-order valence-electron chi connectivity index (χ3n) is 6.00. The molecule has 2 aliphatic carbocycles. The van der Waals surface area contributed by atoms with E-state index in [0.29, 0.717) is 5.56 Å². The molecule has 0 aromatic heterocycles. The van der Waals surface area contributed by atoms with Crippen molar-refractivity contribution in [2.75, 3.05) is 6.61 Å². The highest BCUT2D eigenvalue weighted by Gasteiger charge is 2.60. The average molecular weight is 490 g/mol. The molecule has 31 heavy (non-hydrogen) atoms. The normalized spacial score (nSPS) is 26.6. The van der Waals surface area contributed by atoms with E-state index in [0.717, 1.165) is 15.8 Å². The summed E-state index contributed by atoms with van der Waals surface area (Å²) in [6, 6.07) is 5.35. The smallest absolute Gasteiger partial charge is 0.329 e. The summed E-state index contributed by atoms with van der Waals surface area (Å²) in [6.45, 7) is 0.738. The van der Waals surface area contributed by atoms with Gasteiger partial charge in [0.15, 0.2) is 6.61 Å². The van der Waals surface area contributed by atoms with Gasteiger partial charge >= 0.3 is 5.97 Å². The van der Waals surface area contributed by atoms with Gasteiger partial charge in [-0.05, 0) is 49.4 Å². The molecule has 1 heterocycles. The van der Waals surface area contributed by atoms with Gasteiger partial charge in [0, 0.05) is 10.0 Å². The first kappa shape index (κ1) is 21.2. The maximum Gasteiger partial charge on any atom is 0.329 e. The number of amides is 4. The number of nitrogens with one attached hydrogen (secondary N) is 2. The number of nitrogens with zero attached hydrogens (tertiary/aromatic N) is 1. The Balaban J connectivity index is 1.26. The average Bonchev–Trinajstić information content (AvgIpc) is 3.44. The van der Waals surface area contributed by atoms with Crippen molar-refractivity contribution in [3.8, 4) is 0 Å². The predicted molar refractivity (Wildman–Crippen MR) is 110 cm³/mol. The van der Waals surface area contributed by atoms with Gasteiger partial charge in [-0.3, -0.25) is 34.9 Å². The number of ether oxygens (including phenoxy) is 1. The van der Waals surface area contributed by atoms with Crippen molar-refractivity contribution in [2.24, 2.45) is 23.7 Å².